The van der Waals surface area contributed by atoms with Gasteiger partial charge in [-0.3, -0.25) is 4.79 Å². The van der Waals surface area contributed by atoms with E-state index >= 15 is 0 Å². The molecule has 1 heterocycles. The Morgan fingerprint density at radius 3 is 2.78 bits per heavy atom. The van der Waals surface area contributed by atoms with Crippen LogP contribution in [0.1, 0.15) is 18.1 Å². The zero-order valence-corrected chi connectivity index (χ0v) is 10.3. The molecule has 0 radical (unpaired) electrons. The molecule has 0 spiro atoms. The van der Waals surface area contributed by atoms with Crippen LogP contribution in [0.15, 0.2) is 47.3 Å². The maximum absolute atomic E-state index is 11.1. The summed E-state index contributed by atoms with van der Waals surface area (Å²) < 4.78 is 5.00. The van der Waals surface area contributed by atoms with Crippen molar-refractivity contribution in [2.24, 2.45) is 0 Å². The zero-order chi connectivity index (χ0) is 12.8. The summed E-state index contributed by atoms with van der Waals surface area (Å²) in [4.78, 5) is 11.1. The molecule has 4 heteroatoms. The molecule has 1 aromatic carbocycles. The fourth-order valence-electron chi connectivity index (χ4n) is 1.72. The molecule has 1 amide bonds. The lowest BCUT2D eigenvalue weighted by atomic mass is 10.1. The molecule has 0 unspecified atom stereocenters. The van der Waals surface area contributed by atoms with Crippen LogP contribution in [0, 0.1) is 0 Å². The third-order valence-corrected chi connectivity index (χ3v) is 2.55. The lowest BCUT2D eigenvalue weighted by Gasteiger charge is -2.10. The Morgan fingerprint density at radius 2 is 2.06 bits per heavy atom. The average Bonchev–Trinajstić information content (AvgIpc) is 2.84. The van der Waals surface area contributed by atoms with Gasteiger partial charge in [0, 0.05) is 31.3 Å². The zero-order valence-electron chi connectivity index (χ0n) is 10.3. The quantitative estimate of drug-likeness (QED) is 0.849. The van der Waals surface area contributed by atoms with E-state index in [9.17, 15) is 4.79 Å². The van der Waals surface area contributed by atoms with Crippen LogP contribution in [0.5, 0.6) is 0 Å². The van der Waals surface area contributed by atoms with E-state index in [1.165, 1.54) is 6.92 Å². The van der Waals surface area contributed by atoms with Crippen LogP contribution < -0.4 is 10.6 Å². The highest BCUT2D eigenvalue weighted by atomic mass is 16.3. The third-order valence-electron chi connectivity index (χ3n) is 2.55. The minimum Gasteiger partial charge on any atom is -0.472 e. The monoisotopic (exact) mass is 244 g/mol. The predicted octanol–water partition coefficient (Wildman–Crippen LogP) is 2.53. The molecule has 0 aliphatic rings. The van der Waals surface area contributed by atoms with Gasteiger partial charge in [-0.2, -0.15) is 0 Å². The summed E-state index contributed by atoms with van der Waals surface area (Å²) in [6, 6.07) is 9.68. The fraction of sp³-hybridized carbons (Fsp3) is 0.214. The standard InChI is InChI=1S/C14H16N2O2/c1-11(17)16-14-5-3-2-4-13(14)9-15-8-12-6-7-18-10-12/h2-7,10,15H,8-9H2,1H3,(H,16,17). The number of nitrogens with one attached hydrogen (secondary N) is 2. The van der Waals surface area contributed by atoms with E-state index in [2.05, 4.69) is 10.6 Å². The summed E-state index contributed by atoms with van der Waals surface area (Å²) in [5.74, 6) is -0.0581. The SMILES string of the molecule is CC(=O)Nc1ccccc1CNCc1ccoc1. The van der Waals surface area contributed by atoms with E-state index in [0.29, 0.717) is 6.54 Å². The van der Waals surface area contributed by atoms with Gasteiger partial charge in [0.2, 0.25) is 5.91 Å². The van der Waals surface area contributed by atoms with E-state index in [-0.39, 0.29) is 5.91 Å². The number of carbonyl (C=O) groups excluding carboxylic acids is 1. The Kier molecular flexibility index (Phi) is 4.15. The molecule has 94 valence electrons. The van der Waals surface area contributed by atoms with E-state index in [4.69, 9.17) is 4.42 Å². The lowest BCUT2D eigenvalue weighted by molar-refractivity contribution is -0.114. The minimum absolute atomic E-state index is 0.0581. The van der Waals surface area contributed by atoms with Crippen molar-refractivity contribution in [2.45, 2.75) is 20.0 Å². The molecule has 0 aliphatic heterocycles. The Hall–Kier alpha value is -2.07. The van der Waals surface area contributed by atoms with Crippen LogP contribution in [-0.4, -0.2) is 5.91 Å². The number of carbonyl (C=O) groups is 1. The largest absolute Gasteiger partial charge is 0.472 e. The average molecular weight is 244 g/mol. The maximum Gasteiger partial charge on any atom is 0.221 e. The topological polar surface area (TPSA) is 54.3 Å². The van der Waals surface area contributed by atoms with Gasteiger partial charge in [-0.1, -0.05) is 18.2 Å². The molecule has 0 fully saturated rings. The van der Waals surface area contributed by atoms with Crippen molar-refractivity contribution in [3.05, 3.63) is 54.0 Å². The molecule has 4 nitrogen and oxygen atoms in total. The van der Waals surface area contributed by atoms with Gasteiger partial charge in [0.05, 0.1) is 12.5 Å². The highest BCUT2D eigenvalue weighted by Crippen LogP contribution is 2.14. The number of rotatable bonds is 5. The molecule has 0 saturated heterocycles. The number of anilines is 1. The van der Waals surface area contributed by atoms with Crippen molar-refractivity contribution >= 4 is 11.6 Å². The van der Waals surface area contributed by atoms with Crippen LogP contribution in [0.4, 0.5) is 5.69 Å². The summed E-state index contributed by atoms with van der Waals surface area (Å²) in [6.45, 7) is 2.95. The smallest absolute Gasteiger partial charge is 0.221 e. The van der Waals surface area contributed by atoms with Crippen molar-refractivity contribution in [1.29, 1.82) is 0 Å². The van der Waals surface area contributed by atoms with Crippen LogP contribution in [-0.2, 0) is 17.9 Å². The van der Waals surface area contributed by atoms with Gasteiger partial charge in [-0.25, -0.2) is 0 Å². The number of hydrogen-bond donors (Lipinski definition) is 2. The molecule has 2 aromatic rings. The van der Waals surface area contributed by atoms with Gasteiger partial charge < -0.3 is 15.1 Å². The highest BCUT2D eigenvalue weighted by molar-refractivity contribution is 5.89. The van der Waals surface area contributed by atoms with Crippen molar-refractivity contribution in [3.8, 4) is 0 Å². The van der Waals surface area contributed by atoms with E-state index in [1.807, 2.05) is 30.3 Å². The number of furan rings is 1. The maximum atomic E-state index is 11.1. The van der Waals surface area contributed by atoms with Gasteiger partial charge in [-0.15, -0.1) is 0 Å². The summed E-state index contributed by atoms with van der Waals surface area (Å²) >= 11 is 0. The Labute approximate surface area is 106 Å². The van der Waals surface area contributed by atoms with Gasteiger partial charge in [-0.05, 0) is 17.7 Å². The Bertz CT molecular complexity index is 506. The molecule has 0 atom stereocenters. The van der Waals surface area contributed by atoms with Crippen molar-refractivity contribution in [2.75, 3.05) is 5.32 Å². The van der Waals surface area contributed by atoms with Crippen LogP contribution in [0.25, 0.3) is 0 Å². The molecule has 0 aliphatic carbocycles. The van der Waals surface area contributed by atoms with Gasteiger partial charge >= 0.3 is 0 Å². The van der Waals surface area contributed by atoms with Crippen molar-refractivity contribution < 1.29 is 9.21 Å². The molecule has 2 N–H and O–H groups in total. The lowest BCUT2D eigenvalue weighted by Crippen LogP contribution is -2.15. The highest BCUT2D eigenvalue weighted by Gasteiger charge is 2.03. The second kappa shape index (κ2) is 6.02. The molecule has 0 saturated carbocycles. The second-order valence-electron chi connectivity index (χ2n) is 4.07. The van der Waals surface area contributed by atoms with E-state index < -0.39 is 0 Å². The Morgan fingerprint density at radius 1 is 1.22 bits per heavy atom. The van der Waals surface area contributed by atoms with Crippen molar-refractivity contribution in [1.82, 2.24) is 5.32 Å². The van der Waals surface area contributed by atoms with Crippen molar-refractivity contribution in [3.63, 3.8) is 0 Å². The molecular formula is C14H16N2O2. The van der Waals surface area contributed by atoms with Gasteiger partial charge in [0.25, 0.3) is 0 Å². The van der Waals surface area contributed by atoms with E-state index in [0.717, 1.165) is 23.4 Å². The van der Waals surface area contributed by atoms with Crippen LogP contribution in [0.2, 0.25) is 0 Å². The third kappa shape index (κ3) is 3.46. The first-order chi connectivity index (χ1) is 8.75. The molecule has 1 aromatic heterocycles. The number of amides is 1. The van der Waals surface area contributed by atoms with Gasteiger partial charge in [0.1, 0.15) is 0 Å². The number of hydrogen-bond acceptors (Lipinski definition) is 3. The summed E-state index contributed by atoms with van der Waals surface area (Å²) in [7, 11) is 0. The van der Waals surface area contributed by atoms with Crippen LogP contribution in [0.3, 0.4) is 0 Å². The van der Waals surface area contributed by atoms with E-state index in [1.54, 1.807) is 12.5 Å². The first-order valence-corrected chi connectivity index (χ1v) is 5.83. The van der Waals surface area contributed by atoms with Gasteiger partial charge in [0.15, 0.2) is 0 Å². The second-order valence-corrected chi connectivity index (χ2v) is 4.07. The number of para-hydroxylation sites is 1. The normalized spacial score (nSPS) is 10.3. The first kappa shape index (κ1) is 12.4. The summed E-state index contributed by atoms with van der Waals surface area (Å²) in [5.41, 5.74) is 3.02. The molecule has 0 bridgehead atoms. The Balaban J connectivity index is 1.94. The molecule has 18 heavy (non-hydrogen) atoms. The first-order valence-electron chi connectivity index (χ1n) is 5.83. The molecule has 2 rings (SSSR count). The fourth-order valence-corrected chi connectivity index (χ4v) is 1.72. The predicted molar refractivity (Wildman–Crippen MR) is 70.0 cm³/mol. The number of benzene rings is 1. The summed E-state index contributed by atoms with van der Waals surface area (Å²) in [5, 5.41) is 6.13. The van der Waals surface area contributed by atoms with Crippen LogP contribution >= 0.6 is 0 Å². The minimum atomic E-state index is -0.0581. The molecular weight excluding hydrogens is 228 g/mol. The summed E-state index contributed by atoms with van der Waals surface area (Å²) in [6.07, 6.45) is 3.37.